The van der Waals surface area contributed by atoms with E-state index in [2.05, 4.69) is 26.2 Å². The third-order valence-electron chi connectivity index (χ3n) is 4.03. The summed E-state index contributed by atoms with van der Waals surface area (Å²) in [5.41, 5.74) is -0.703. The van der Waals surface area contributed by atoms with E-state index in [0.29, 0.717) is 25.4 Å². The minimum Gasteiger partial charge on any atom is -0.465 e. The van der Waals surface area contributed by atoms with E-state index in [1.807, 2.05) is 0 Å². The molecule has 2 aliphatic rings. The number of halogens is 3. The minimum absolute atomic E-state index is 0.118. The molecular weight excluding hydrogens is 394 g/mol. The van der Waals surface area contributed by atoms with Crippen LogP contribution in [0.3, 0.4) is 0 Å². The van der Waals surface area contributed by atoms with Crippen molar-refractivity contribution in [2.24, 2.45) is 10.9 Å². The van der Waals surface area contributed by atoms with Gasteiger partial charge >= 0.3 is 6.09 Å². The second-order valence-corrected chi connectivity index (χ2v) is 7.21. The monoisotopic (exact) mass is 406 g/mol. The number of amidine groups is 1. The Morgan fingerprint density at radius 1 is 1.48 bits per heavy atom. The molecule has 1 aromatic rings. The number of carboxylic acid groups (broad SMARTS) is 1. The molecule has 1 unspecified atom stereocenters. The molecule has 23 heavy (non-hydrogen) atoms. The van der Waals surface area contributed by atoms with Gasteiger partial charge in [0.15, 0.2) is 5.17 Å². The zero-order chi connectivity index (χ0) is 16.6. The molecule has 0 aromatic heterocycles. The Balaban J connectivity index is 2.12. The topological polar surface area (TPSA) is 70.9 Å². The van der Waals surface area contributed by atoms with Gasteiger partial charge in [0.2, 0.25) is 0 Å². The molecule has 1 saturated heterocycles. The lowest BCUT2D eigenvalue weighted by atomic mass is 9.75. The number of benzene rings is 1. The predicted octanol–water partition coefficient (Wildman–Crippen LogP) is 3.33. The molecular formula is C14H13BrF2N2O3S. The Bertz CT molecular complexity index is 688. The number of aliphatic imine (C=N–C) groups is 1. The highest BCUT2D eigenvalue weighted by Gasteiger charge is 2.47. The number of amides is 1. The van der Waals surface area contributed by atoms with Crippen molar-refractivity contribution in [2.45, 2.75) is 12.0 Å². The lowest BCUT2D eigenvalue weighted by Gasteiger charge is -2.44. The molecule has 124 valence electrons. The Kier molecular flexibility index (Phi) is 4.61. The Hall–Kier alpha value is -1.19. The summed E-state index contributed by atoms with van der Waals surface area (Å²) in [5, 5.41) is 11.3. The number of hydrogen-bond acceptors (Lipinski definition) is 4. The molecule has 0 radical (unpaired) electrons. The maximum absolute atomic E-state index is 14.5. The molecule has 9 heteroatoms. The van der Waals surface area contributed by atoms with Crippen LogP contribution < -0.4 is 5.32 Å². The van der Waals surface area contributed by atoms with Crippen LogP contribution >= 0.6 is 27.7 Å². The first kappa shape index (κ1) is 16.7. The molecule has 5 nitrogen and oxygen atoms in total. The van der Waals surface area contributed by atoms with Crippen LogP contribution in [0.4, 0.5) is 13.6 Å². The summed E-state index contributed by atoms with van der Waals surface area (Å²) in [5.74, 6) is -0.965. The van der Waals surface area contributed by atoms with Crippen LogP contribution in [0.25, 0.3) is 0 Å². The van der Waals surface area contributed by atoms with Gasteiger partial charge in [-0.1, -0.05) is 11.8 Å². The van der Waals surface area contributed by atoms with Crippen molar-refractivity contribution in [2.75, 3.05) is 19.0 Å². The summed E-state index contributed by atoms with van der Waals surface area (Å²) < 4.78 is 33.6. The van der Waals surface area contributed by atoms with Crippen LogP contribution in [0.2, 0.25) is 0 Å². The summed E-state index contributed by atoms with van der Waals surface area (Å²) in [7, 11) is 0. The van der Waals surface area contributed by atoms with E-state index in [-0.39, 0.29) is 21.1 Å². The van der Waals surface area contributed by atoms with Crippen LogP contribution in [-0.4, -0.2) is 35.3 Å². The van der Waals surface area contributed by atoms with Crippen LogP contribution in [0.15, 0.2) is 21.6 Å². The number of thioether (sulfide) groups is 1. The lowest BCUT2D eigenvalue weighted by Crippen LogP contribution is -2.48. The van der Waals surface area contributed by atoms with Crippen molar-refractivity contribution < 1.29 is 23.4 Å². The second kappa shape index (κ2) is 6.37. The SMILES string of the molecule is O=C(O)NC1=N[C@@]2(c3cc(Br)c(F)cc3F)CCOCC2CS1. The number of hydrogen-bond donors (Lipinski definition) is 2. The highest BCUT2D eigenvalue weighted by atomic mass is 79.9. The van der Waals surface area contributed by atoms with Crippen molar-refractivity contribution in [1.82, 2.24) is 5.32 Å². The molecule has 2 aliphatic heterocycles. The standard InChI is InChI=1S/C14H13BrF2N2O3S/c15-9-3-8(10(16)4-11(9)17)14-1-2-22-5-7(14)6-23-12(19-14)18-13(20)21/h3-4,7H,1-2,5-6H2,(H,18,19)(H,20,21)/t7?,14-/m0/s1. The van der Waals surface area contributed by atoms with Gasteiger partial charge in [-0.3, -0.25) is 10.3 Å². The zero-order valence-electron chi connectivity index (χ0n) is 11.8. The molecule has 0 saturated carbocycles. The fourth-order valence-electron chi connectivity index (χ4n) is 2.95. The smallest absolute Gasteiger partial charge is 0.410 e. The van der Waals surface area contributed by atoms with Gasteiger partial charge < -0.3 is 9.84 Å². The fraction of sp³-hybridized carbons (Fsp3) is 0.429. The summed E-state index contributed by atoms with van der Waals surface area (Å²) in [6.45, 7) is 0.769. The number of fused-ring (bicyclic) bond motifs is 1. The summed E-state index contributed by atoms with van der Waals surface area (Å²) in [6.07, 6.45) is -0.824. The molecule has 2 heterocycles. The summed E-state index contributed by atoms with van der Waals surface area (Å²) in [6, 6.07) is 2.21. The zero-order valence-corrected chi connectivity index (χ0v) is 14.2. The van der Waals surface area contributed by atoms with Crippen molar-refractivity contribution in [3.05, 3.63) is 33.8 Å². The third kappa shape index (κ3) is 3.09. The van der Waals surface area contributed by atoms with Crippen molar-refractivity contribution in [1.29, 1.82) is 0 Å². The fourth-order valence-corrected chi connectivity index (χ4v) is 4.41. The lowest BCUT2D eigenvalue weighted by molar-refractivity contribution is 0.00870. The summed E-state index contributed by atoms with van der Waals surface area (Å²) in [4.78, 5) is 15.4. The van der Waals surface area contributed by atoms with E-state index < -0.39 is 23.3 Å². The van der Waals surface area contributed by atoms with Crippen molar-refractivity contribution in [3.63, 3.8) is 0 Å². The molecule has 0 spiro atoms. The minimum atomic E-state index is -1.22. The Morgan fingerprint density at radius 3 is 3.00 bits per heavy atom. The van der Waals surface area contributed by atoms with Gasteiger partial charge in [-0.25, -0.2) is 13.6 Å². The van der Waals surface area contributed by atoms with Gasteiger partial charge in [0.25, 0.3) is 0 Å². The van der Waals surface area contributed by atoms with Gasteiger partial charge in [0.1, 0.15) is 11.6 Å². The number of rotatable bonds is 1. The number of ether oxygens (including phenoxy) is 1. The number of carbonyl (C=O) groups is 1. The van der Waals surface area contributed by atoms with E-state index in [1.165, 1.54) is 17.8 Å². The molecule has 1 amide bonds. The van der Waals surface area contributed by atoms with Crippen LogP contribution in [0.1, 0.15) is 12.0 Å². The van der Waals surface area contributed by atoms with Crippen molar-refractivity contribution in [3.8, 4) is 0 Å². The highest BCUT2D eigenvalue weighted by molar-refractivity contribution is 9.10. The van der Waals surface area contributed by atoms with Gasteiger partial charge in [-0.15, -0.1) is 0 Å². The Morgan fingerprint density at radius 2 is 2.26 bits per heavy atom. The summed E-state index contributed by atoms with van der Waals surface area (Å²) >= 11 is 4.33. The van der Waals surface area contributed by atoms with E-state index in [1.54, 1.807) is 0 Å². The highest BCUT2D eigenvalue weighted by Crippen LogP contribution is 2.47. The first-order valence-electron chi connectivity index (χ1n) is 6.88. The maximum atomic E-state index is 14.5. The van der Waals surface area contributed by atoms with Crippen LogP contribution in [0.5, 0.6) is 0 Å². The maximum Gasteiger partial charge on any atom is 0.410 e. The van der Waals surface area contributed by atoms with Crippen molar-refractivity contribution >= 4 is 39.0 Å². The molecule has 0 bridgehead atoms. The molecule has 3 rings (SSSR count). The van der Waals surface area contributed by atoms with E-state index in [9.17, 15) is 13.6 Å². The second-order valence-electron chi connectivity index (χ2n) is 5.35. The average Bonchev–Trinajstić information content (AvgIpc) is 2.50. The first-order chi connectivity index (χ1) is 10.9. The average molecular weight is 407 g/mol. The van der Waals surface area contributed by atoms with E-state index in [4.69, 9.17) is 9.84 Å². The third-order valence-corrected chi connectivity index (χ3v) is 5.68. The van der Waals surface area contributed by atoms with E-state index >= 15 is 0 Å². The van der Waals surface area contributed by atoms with Gasteiger partial charge in [-0.2, -0.15) is 0 Å². The molecule has 1 aromatic carbocycles. The largest absolute Gasteiger partial charge is 0.465 e. The van der Waals surface area contributed by atoms with E-state index in [0.717, 1.165) is 6.07 Å². The van der Waals surface area contributed by atoms with Gasteiger partial charge in [0, 0.05) is 36.3 Å². The predicted molar refractivity (Wildman–Crippen MR) is 85.7 cm³/mol. The normalized spacial score (nSPS) is 27.1. The Labute approximate surface area is 143 Å². The van der Waals surface area contributed by atoms with Gasteiger partial charge in [0.05, 0.1) is 16.6 Å². The number of nitrogens with zero attached hydrogens (tertiary/aromatic N) is 1. The molecule has 0 aliphatic carbocycles. The van der Waals surface area contributed by atoms with Gasteiger partial charge in [-0.05, 0) is 22.0 Å². The molecule has 1 fully saturated rings. The quantitative estimate of drug-likeness (QED) is 0.701. The number of nitrogens with one attached hydrogen (secondary N) is 1. The first-order valence-corrected chi connectivity index (χ1v) is 8.65. The molecule has 2 N–H and O–H groups in total. The van der Waals surface area contributed by atoms with Crippen LogP contribution in [-0.2, 0) is 10.3 Å². The molecule has 2 atom stereocenters. The van der Waals surface area contributed by atoms with Crippen LogP contribution in [0, 0.1) is 17.6 Å².